The van der Waals surface area contributed by atoms with Crippen LogP contribution in [0.15, 0.2) is 23.1 Å². The third-order valence-electron chi connectivity index (χ3n) is 3.13. The molecule has 1 aromatic carbocycles. The summed E-state index contributed by atoms with van der Waals surface area (Å²) < 4.78 is 35.3. The van der Waals surface area contributed by atoms with Crippen LogP contribution in [-0.2, 0) is 14.6 Å². The van der Waals surface area contributed by atoms with Gasteiger partial charge in [-0.3, -0.25) is 4.79 Å². The second-order valence-electron chi connectivity index (χ2n) is 4.83. The normalized spacial score (nSPS) is 14.5. The number of carboxylic acids is 1. The van der Waals surface area contributed by atoms with Crippen molar-refractivity contribution in [1.82, 2.24) is 0 Å². The smallest absolute Gasteiger partial charge is 0.303 e. The van der Waals surface area contributed by atoms with Gasteiger partial charge in [0.05, 0.1) is 23.9 Å². The summed E-state index contributed by atoms with van der Waals surface area (Å²) in [5.41, 5.74) is 0. The van der Waals surface area contributed by atoms with Gasteiger partial charge in [0.15, 0.2) is 21.3 Å². The number of hydrogen-bond acceptors (Lipinski definition) is 5. The number of ether oxygens (including phenoxy) is 2. The first-order valence-corrected chi connectivity index (χ1v) is 8.48. The molecule has 7 heteroatoms. The Morgan fingerprint density at radius 2 is 1.86 bits per heavy atom. The van der Waals surface area contributed by atoms with Gasteiger partial charge in [0.25, 0.3) is 0 Å². The summed E-state index contributed by atoms with van der Waals surface area (Å²) in [7, 11) is -3.43. The molecule has 0 atom stereocenters. The second-order valence-corrected chi connectivity index (χ2v) is 6.94. The molecular weight excluding hydrogens is 296 g/mol. The van der Waals surface area contributed by atoms with Gasteiger partial charge in [-0.15, -0.1) is 0 Å². The molecule has 0 aromatic heterocycles. The Hall–Kier alpha value is -1.76. The number of fused-ring (bicyclic) bond motifs is 1. The molecule has 0 saturated carbocycles. The Kier molecular flexibility index (Phi) is 5.06. The zero-order chi connectivity index (χ0) is 15.3. The van der Waals surface area contributed by atoms with Crippen LogP contribution >= 0.6 is 0 Å². The van der Waals surface area contributed by atoms with Crippen LogP contribution in [0.3, 0.4) is 0 Å². The van der Waals surface area contributed by atoms with E-state index >= 15 is 0 Å². The molecule has 6 nitrogen and oxygen atoms in total. The number of sulfone groups is 1. The maximum Gasteiger partial charge on any atom is 0.303 e. The van der Waals surface area contributed by atoms with Crippen molar-refractivity contribution in [3.05, 3.63) is 18.2 Å². The molecule has 21 heavy (non-hydrogen) atoms. The highest BCUT2D eigenvalue weighted by Gasteiger charge is 2.18. The van der Waals surface area contributed by atoms with Crippen LogP contribution in [0.5, 0.6) is 11.5 Å². The molecule has 0 aliphatic carbocycles. The zero-order valence-corrected chi connectivity index (χ0v) is 12.4. The lowest BCUT2D eigenvalue weighted by atomic mass is 10.2. The molecule has 0 fully saturated rings. The number of carboxylic acid groups (broad SMARTS) is 1. The van der Waals surface area contributed by atoms with Crippen molar-refractivity contribution < 1.29 is 27.8 Å². The lowest BCUT2D eigenvalue weighted by Crippen LogP contribution is -2.08. The average molecular weight is 314 g/mol. The van der Waals surface area contributed by atoms with Crippen LogP contribution in [0.2, 0.25) is 0 Å². The van der Waals surface area contributed by atoms with Gasteiger partial charge in [-0.05, 0) is 25.0 Å². The molecule has 0 saturated heterocycles. The highest BCUT2D eigenvalue weighted by Crippen LogP contribution is 2.32. The SMILES string of the molecule is O=C(O)CCCCS(=O)(=O)c1ccc2c(c1)OCCCO2. The van der Waals surface area contributed by atoms with Crippen LogP contribution in [0.25, 0.3) is 0 Å². The molecular formula is C14H18O6S. The summed E-state index contributed by atoms with van der Waals surface area (Å²) in [6.45, 7) is 1.05. The molecule has 0 bridgehead atoms. The Morgan fingerprint density at radius 1 is 1.14 bits per heavy atom. The molecule has 1 heterocycles. The van der Waals surface area contributed by atoms with Crippen LogP contribution in [0.1, 0.15) is 25.7 Å². The molecule has 0 radical (unpaired) electrons. The lowest BCUT2D eigenvalue weighted by molar-refractivity contribution is -0.137. The summed E-state index contributed by atoms with van der Waals surface area (Å²) in [6, 6.07) is 4.58. The van der Waals surface area contributed by atoms with Crippen molar-refractivity contribution >= 4 is 15.8 Å². The maximum atomic E-state index is 12.2. The van der Waals surface area contributed by atoms with Crippen LogP contribution in [0.4, 0.5) is 0 Å². The highest BCUT2D eigenvalue weighted by molar-refractivity contribution is 7.91. The van der Waals surface area contributed by atoms with Crippen LogP contribution in [0, 0.1) is 0 Å². The van der Waals surface area contributed by atoms with E-state index in [4.69, 9.17) is 14.6 Å². The first-order chi connectivity index (χ1) is 9.99. The van der Waals surface area contributed by atoms with Crippen molar-refractivity contribution in [2.24, 2.45) is 0 Å². The largest absolute Gasteiger partial charge is 0.490 e. The molecule has 0 unspecified atom stereocenters. The molecule has 0 amide bonds. The Balaban J connectivity index is 2.06. The number of unbranched alkanes of at least 4 members (excludes halogenated alkanes) is 1. The van der Waals surface area contributed by atoms with Gasteiger partial charge in [-0.25, -0.2) is 8.42 Å². The molecule has 1 aliphatic rings. The minimum atomic E-state index is -3.43. The average Bonchev–Trinajstić information content (AvgIpc) is 2.67. The maximum absolute atomic E-state index is 12.2. The van der Waals surface area contributed by atoms with Gasteiger partial charge in [-0.1, -0.05) is 0 Å². The Morgan fingerprint density at radius 3 is 2.57 bits per heavy atom. The number of aliphatic carboxylic acids is 1. The number of hydrogen-bond donors (Lipinski definition) is 1. The third-order valence-corrected chi connectivity index (χ3v) is 4.93. The van der Waals surface area contributed by atoms with Gasteiger partial charge < -0.3 is 14.6 Å². The lowest BCUT2D eigenvalue weighted by Gasteiger charge is -2.10. The van der Waals surface area contributed by atoms with E-state index in [1.807, 2.05) is 0 Å². The van der Waals surface area contributed by atoms with E-state index in [9.17, 15) is 13.2 Å². The highest BCUT2D eigenvalue weighted by atomic mass is 32.2. The molecule has 1 N–H and O–H groups in total. The van der Waals surface area contributed by atoms with E-state index in [0.717, 1.165) is 6.42 Å². The van der Waals surface area contributed by atoms with Gasteiger partial charge in [0.2, 0.25) is 0 Å². The fraction of sp³-hybridized carbons (Fsp3) is 0.500. The fourth-order valence-electron chi connectivity index (χ4n) is 2.02. The van der Waals surface area contributed by atoms with E-state index < -0.39 is 15.8 Å². The Bertz CT molecular complexity index is 608. The molecule has 1 aliphatic heterocycles. The summed E-state index contributed by atoms with van der Waals surface area (Å²) >= 11 is 0. The summed E-state index contributed by atoms with van der Waals surface area (Å²) in [5.74, 6) is 0.0133. The van der Waals surface area contributed by atoms with Gasteiger partial charge in [-0.2, -0.15) is 0 Å². The van der Waals surface area contributed by atoms with Crippen LogP contribution in [-0.4, -0.2) is 38.5 Å². The van der Waals surface area contributed by atoms with E-state index in [1.165, 1.54) is 12.1 Å². The van der Waals surface area contributed by atoms with E-state index in [2.05, 4.69) is 0 Å². The van der Waals surface area contributed by atoms with Crippen molar-refractivity contribution in [3.8, 4) is 11.5 Å². The van der Waals surface area contributed by atoms with Crippen molar-refractivity contribution in [3.63, 3.8) is 0 Å². The van der Waals surface area contributed by atoms with Crippen molar-refractivity contribution in [2.45, 2.75) is 30.6 Å². The number of rotatable bonds is 6. The molecule has 1 aromatic rings. The molecule has 0 spiro atoms. The van der Waals surface area contributed by atoms with E-state index in [0.29, 0.717) is 37.6 Å². The van der Waals surface area contributed by atoms with E-state index in [1.54, 1.807) is 6.07 Å². The number of benzene rings is 1. The standard InChI is InChI=1S/C14H18O6S/c15-14(16)4-1-2-9-21(17,18)11-5-6-12-13(10-11)20-8-3-7-19-12/h5-6,10H,1-4,7-9H2,(H,15,16). The van der Waals surface area contributed by atoms with E-state index in [-0.39, 0.29) is 17.1 Å². The predicted molar refractivity (Wildman–Crippen MR) is 75.6 cm³/mol. The predicted octanol–water partition coefficient (Wildman–Crippen LogP) is 1.88. The summed E-state index contributed by atoms with van der Waals surface area (Å²) in [6.07, 6.45) is 1.41. The minimum absolute atomic E-state index is 0.0172. The summed E-state index contributed by atoms with van der Waals surface area (Å²) in [4.78, 5) is 10.6. The van der Waals surface area contributed by atoms with Crippen LogP contribution < -0.4 is 9.47 Å². The third kappa shape index (κ3) is 4.35. The minimum Gasteiger partial charge on any atom is -0.490 e. The van der Waals surface area contributed by atoms with Gasteiger partial charge >= 0.3 is 5.97 Å². The first-order valence-electron chi connectivity index (χ1n) is 6.83. The Labute approximate surface area is 123 Å². The quantitative estimate of drug-likeness (QED) is 0.806. The topological polar surface area (TPSA) is 89.9 Å². The number of carbonyl (C=O) groups is 1. The van der Waals surface area contributed by atoms with Crippen molar-refractivity contribution in [1.29, 1.82) is 0 Å². The first kappa shape index (κ1) is 15.6. The van der Waals surface area contributed by atoms with Crippen molar-refractivity contribution in [2.75, 3.05) is 19.0 Å². The fourth-order valence-corrected chi connectivity index (χ4v) is 3.41. The molecule has 2 rings (SSSR count). The van der Waals surface area contributed by atoms with Gasteiger partial charge in [0, 0.05) is 18.9 Å². The zero-order valence-electron chi connectivity index (χ0n) is 11.6. The van der Waals surface area contributed by atoms with Gasteiger partial charge in [0.1, 0.15) is 0 Å². The summed E-state index contributed by atoms with van der Waals surface area (Å²) in [5, 5.41) is 8.54. The monoisotopic (exact) mass is 314 g/mol. The molecule has 116 valence electrons. The second kappa shape index (κ2) is 6.80.